The zero-order valence-corrected chi connectivity index (χ0v) is 14.1. The molecule has 0 aromatic heterocycles. The standard InChI is InChI=1S/C17H24BrNO2/c18-8-4-11-20-14-5-6-17-15(13-14)16(7-12-21-17)19-9-2-1-3-10-19/h5-6,13,16H,1-4,7-12H2. The highest BCUT2D eigenvalue weighted by Gasteiger charge is 2.28. The second kappa shape index (κ2) is 7.50. The van der Waals surface area contributed by atoms with Gasteiger partial charge in [-0.3, -0.25) is 4.90 Å². The second-order valence-electron chi connectivity index (χ2n) is 5.84. The Bertz CT molecular complexity index is 460. The van der Waals surface area contributed by atoms with Gasteiger partial charge in [0.15, 0.2) is 0 Å². The molecule has 0 bridgehead atoms. The Balaban J connectivity index is 1.75. The van der Waals surface area contributed by atoms with Gasteiger partial charge in [0.05, 0.1) is 13.2 Å². The molecule has 0 radical (unpaired) electrons. The molecule has 1 aromatic carbocycles. The van der Waals surface area contributed by atoms with Gasteiger partial charge in [0.1, 0.15) is 11.5 Å². The lowest BCUT2D eigenvalue weighted by molar-refractivity contribution is 0.119. The number of piperidine rings is 1. The topological polar surface area (TPSA) is 21.7 Å². The van der Waals surface area contributed by atoms with Crippen LogP contribution in [0.1, 0.15) is 43.7 Å². The fraction of sp³-hybridized carbons (Fsp3) is 0.647. The highest BCUT2D eigenvalue weighted by molar-refractivity contribution is 9.09. The summed E-state index contributed by atoms with van der Waals surface area (Å²) in [5, 5.41) is 0.984. The Morgan fingerprint density at radius 3 is 2.90 bits per heavy atom. The monoisotopic (exact) mass is 353 g/mol. The van der Waals surface area contributed by atoms with E-state index < -0.39 is 0 Å². The van der Waals surface area contributed by atoms with Crippen LogP contribution in [0.3, 0.4) is 0 Å². The summed E-state index contributed by atoms with van der Waals surface area (Å²) in [4.78, 5) is 2.63. The van der Waals surface area contributed by atoms with Gasteiger partial charge in [-0.15, -0.1) is 0 Å². The molecule has 1 unspecified atom stereocenters. The summed E-state index contributed by atoms with van der Waals surface area (Å²) in [6.07, 6.45) is 6.16. The number of halogens is 1. The molecule has 1 atom stereocenters. The van der Waals surface area contributed by atoms with Crippen LogP contribution in [0.25, 0.3) is 0 Å². The van der Waals surface area contributed by atoms with Crippen LogP contribution in [-0.4, -0.2) is 36.5 Å². The average Bonchev–Trinajstić information content (AvgIpc) is 2.55. The molecule has 2 aliphatic rings. The predicted molar refractivity (Wildman–Crippen MR) is 88.6 cm³/mol. The molecule has 1 fully saturated rings. The Kier molecular flexibility index (Phi) is 5.42. The molecule has 3 nitrogen and oxygen atoms in total. The number of alkyl halides is 1. The minimum absolute atomic E-state index is 0.508. The van der Waals surface area contributed by atoms with Crippen molar-refractivity contribution in [2.75, 3.05) is 31.6 Å². The minimum Gasteiger partial charge on any atom is -0.494 e. The van der Waals surface area contributed by atoms with Gasteiger partial charge in [-0.1, -0.05) is 22.4 Å². The van der Waals surface area contributed by atoms with E-state index in [0.29, 0.717) is 6.04 Å². The fourth-order valence-electron chi connectivity index (χ4n) is 3.30. The van der Waals surface area contributed by atoms with E-state index in [1.165, 1.54) is 37.9 Å². The molecule has 0 amide bonds. The van der Waals surface area contributed by atoms with Crippen LogP contribution in [0.5, 0.6) is 11.5 Å². The predicted octanol–water partition coefficient (Wildman–Crippen LogP) is 4.16. The number of fused-ring (bicyclic) bond motifs is 1. The highest BCUT2D eigenvalue weighted by Crippen LogP contribution is 2.39. The highest BCUT2D eigenvalue weighted by atomic mass is 79.9. The summed E-state index contributed by atoms with van der Waals surface area (Å²) in [6.45, 7) is 4.04. The number of benzene rings is 1. The van der Waals surface area contributed by atoms with Gasteiger partial charge in [0, 0.05) is 23.4 Å². The molecule has 1 saturated heterocycles. The average molecular weight is 354 g/mol. The molecule has 116 valence electrons. The number of nitrogens with zero attached hydrogens (tertiary/aromatic N) is 1. The largest absolute Gasteiger partial charge is 0.494 e. The lowest BCUT2D eigenvalue weighted by atomic mass is 9.96. The van der Waals surface area contributed by atoms with E-state index in [1.54, 1.807) is 0 Å². The fourth-order valence-corrected chi connectivity index (χ4v) is 3.53. The third-order valence-electron chi connectivity index (χ3n) is 4.37. The number of likely N-dealkylation sites (tertiary alicyclic amines) is 1. The van der Waals surface area contributed by atoms with E-state index in [1.807, 2.05) is 6.07 Å². The maximum Gasteiger partial charge on any atom is 0.124 e. The lowest BCUT2D eigenvalue weighted by Gasteiger charge is -2.38. The summed E-state index contributed by atoms with van der Waals surface area (Å²) in [5.41, 5.74) is 1.32. The molecular weight excluding hydrogens is 330 g/mol. The normalized spacial score (nSPS) is 22.4. The SMILES string of the molecule is BrCCCOc1ccc2c(c1)C(N1CCCCC1)CCO2. The number of rotatable bonds is 5. The molecule has 0 saturated carbocycles. The van der Waals surface area contributed by atoms with Crippen LogP contribution >= 0.6 is 15.9 Å². The summed E-state index contributed by atoms with van der Waals surface area (Å²) < 4.78 is 11.7. The number of hydrogen-bond acceptors (Lipinski definition) is 3. The molecule has 0 N–H and O–H groups in total. The van der Waals surface area contributed by atoms with Crippen LogP contribution in [0.4, 0.5) is 0 Å². The Labute approximate surface area is 135 Å². The first kappa shape index (κ1) is 15.2. The lowest BCUT2D eigenvalue weighted by Crippen LogP contribution is -2.36. The first-order chi connectivity index (χ1) is 10.4. The van der Waals surface area contributed by atoms with Gasteiger partial charge in [-0.05, 0) is 50.6 Å². The molecule has 4 heteroatoms. The van der Waals surface area contributed by atoms with Crippen LogP contribution in [0, 0.1) is 0 Å². The van der Waals surface area contributed by atoms with Crippen LogP contribution < -0.4 is 9.47 Å². The van der Waals surface area contributed by atoms with Gasteiger partial charge in [-0.25, -0.2) is 0 Å². The van der Waals surface area contributed by atoms with Crippen molar-refractivity contribution in [3.63, 3.8) is 0 Å². The quantitative estimate of drug-likeness (QED) is 0.585. The molecule has 2 heterocycles. The van der Waals surface area contributed by atoms with Crippen molar-refractivity contribution in [2.24, 2.45) is 0 Å². The van der Waals surface area contributed by atoms with E-state index in [9.17, 15) is 0 Å². The molecule has 0 spiro atoms. The van der Waals surface area contributed by atoms with E-state index >= 15 is 0 Å². The van der Waals surface area contributed by atoms with Crippen molar-refractivity contribution < 1.29 is 9.47 Å². The van der Waals surface area contributed by atoms with Gasteiger partial charge in [-0.2, -0.15) is 0 Å². The van der Waals surface area contributed by atoms with E-state index in [-0.39, 0.29) is 0 Å². The number of ether oxygens (including phenoxy) is 2. The molecule has 0 aliphatic carbocycles. The molecule has 21 heavy (non-hydrogen) atoms. The van der Waals surface area contributed by atoms with Crippen LogP contribution in [0.15, 0.2) is 18.2 Å². The zero-order chi connectivity index (χ0) is 14.5. The first-order valence-electron chi connectivity index (χ1n) is 8.08. The van der Waals surface area contributed by atoms with Crippen molar-refractivity contribution >= 4 is 15.9 Å². The summed E-state index contributed by atoms with van der Waals surface area (Å²) in [5.74, 6) is 2.02. The summed E-state index contributed by atoms with van der Waals surface area (Å²) in [7, 11) is 0. The maximum absolute atomic E-state index is 5.84. The molecular formula is C17H24BrNO2. The van der Waals surface area contributed by atoms with Gasteiger partial charge in [0.2, 0.25) is 0 Å². The van der Waals surface area contributed by atoms with Crippen LogP contribution in [-0.2, 0) is 0 Å². The van der Waals surface area contributed by atoms with Gasteiger partial charge in [0.25, 0.3) is 0 Å². The van der Waals surface area contributed by atoms with Crippen molar-refractivity contribution in [3.05, 3.63) is 23.8 Å². The maximum atomic E-state index is 5.84. The number of hydrogen-bond donors (Lipinski definition) is 0. The van der Waals surface area contributed by atoms with Crippen molar-refractivity contribution in [1.29, 1.82) is 0 Å². The smallest absolute Gasteiger partial charge is 0.124 e. The van der Waals surface area contributed by atoms with Gasteiger partial charge < -0.3 is 9.47 Å². The second-order valence-corrected chi connectivity index (χ2v) is 6.63. The van der Waals surface area contributed by atoms with E-state index in [0.717, 1.165) is 42.9 Å². The Morgan fingerprint density at radius 1 is 1.24 bits per heavy atom. The first-order valence-corrected chi connectivity index (χ1v) is 9.20. The Hall–Kier alpha value is -0.740. The van der Waals surface area contributed by atoms with Crippen LogP contribution in [0.2, 0.25) is 0 Å². The third kappa shape index (κ3) is 3.72. The minimum atomic E-state index is 0.508. The Morgan fingerprint density at radius 2 is 2.10 bits per heavy atom. The van der Waals surface area contributed by atoms with E-state index in [4.69, 9.17) is 9.47 Å². The van der Waals surface area contributed by atoms with Crippen molar-refractivity contribution in [3.8, 4) is 11.5 Å². The van der Waals surface area contributed by atoms with Crippen molar-refractivity contribution in [1.82, 2.24) is 4.90 Å². The zero-order valence-electron chi connectivity index (χ0n) is 12.5. The summed E-state index contributed by atoms with van der Waals surface area (Å²) >= 11 is 3.44. The molecule has 3 rings (SSSR count). The van der Waals surface area contributed by atoms with E-state index in [2.05, 4.69) is 33.0 Å². The summed E-state index contributed by atoms with van der Waals surface area (Å²) in [6, 6.07) is 6.82. The van der Waals surface area contributed by atoms with Gasteiger partial charge >= 0.3 is 0 Å². The molecule has 1 aromatic rings. The third-order valence-corrected chi connectivity index (χ3v) is 4.93. The molecule has 2 aliphatic heterocycles. The van der Waals surface area contributed by atoms with Crippen molar-refractivity contribution in [2.45, 2.75) is 38.1 Å².